The molecule has 3 N–H and O–H groups in total. The average molecular weight is 319 g/mol. The SMILES string of the molecule is CC(C)COc1ccccc1NC(=O)C1CC(CC(C)C)NN1. The summed E-state index contributed by atoms with van der Waals surface area (Å²) in [6, 6.07) is 7.72. The summed E-state index contributed by atoms with van der Waals surface area (Å²) >= 11 is 0. The van der Waals surface area contributed by atoms with Crippen molar-refractivity contribution < 1.29 is 9.53 Å². The van der Waals surface area contributed by atoms with Crippen molar-refractivity contribution in [3.63, 3.8) is 0 Å². The number of hydrogen-bond donors (Lipinski definition) is 3. The molecular weight excluding hydrogens is 290 g/mol. The summed E-state index contributed by atoms with van der Waals surface area (Å²) in [5, 5.41) is 2.98. The first kappa shape index (κ1) is 17.8. The highest BCUT2D eigenvalue weighted by molar-refractivity contribution is 5.96. The summed E-state index contributed by atoms with van der Waals surface area (Å²) in [5.41, 5.74) is 7.05. The Morgan fingerprint density at radius 2 is 1.96 bits per heavy atom. The molecule has 5 heteroatoms. The number of rotatable bonds is 7. The van der Waals surface area contributed by atoms with E-state index in [1.54, 1.807) is 0 Å². The number of amides is 1. The first-order chi connectivity index (χ1) is 11.0. The van der Waals surface area contributed by atoms with E-state index in [-0.39, 0.29) is 11.9 Å². The molecule has 128 valence electrons. The highest BCUT2D eigenvalue weighted by Gasteiger charge is 2.29. The van der Waals surface area contributed by atoms with Gasteiger partial charge in [0.2, 0.25) is 5.91 Å². The second kappa shape index (κ2) is 8.31. The second-order valence-electron chi connectivity index (χ2n) is 7.09. The summed E-state index contributed by atoms with van der Waals surface area (Å²) in [5.74, 6) is 1.75. The van der Waals surface area contributed by atoms with Gasteiger partial charge in [-0.1, -0.05) is 39.8 Å². The van der Waals surface area contributed by atoms with Crippen molar-refractivity contribution in [2.45, 2.75) is 52.6 Å². The number of anilines is 1. The smallest absolute Gasteiger partial charge is 0.243 e. The van der Waals surface area contributed by atoms with Gasteiger partial charge in [0.1, 0.15) is 11.8 Å². The van der Waals surface area contributed by atoms with E-state index in [1.165, 1.54) is 0 Å². The lowest BCUT2D eigenvalue weighted by Crippen LogP contribution is -2.40. The molecule has 1 aliphatic heterocycles. The zero-order valence-corrected chi connectivity index (χ0v) is 14.6. The van der Waals surface area contributed by atoms with Crippen LogP contribution in [0.3, 0.4) is 0 Å². The van der Waals surface area contributed by atoms with Crippen molar-refractivity contribution in [1.82, 2.24) is 10.9 Å². The van der Waals surface area contributed by atoms with Crippen molar-refractivity contribution in [2.75, 3.05) is 11.9 Å². The molecule has 23 heavy (non-hydrogen) atoms. The highest BCUT2D eigenvalue weighted by atomic mass is 16.5. The number of nitrogens with one attached hydrogen (secondary N) is 3. The first-order valence-electron chi connectivity index (χ1n) is 8.49. The molecule has 1 amide bonds. The number of hydrogen-bond acceptors (Lipinski definition) is 4. The van der Waals surface area contributed by atoms with E-state index in [0.29, 0.717) is 24.5 Å². The fourth-order valence-electron chi connectivity index (χ4n) is 2.69. The normalized spacial score (nSPS) is 21.0. The Bertz CT molecular complexity index is 517. The van der Waals surface area contributed by atoms with Gasteiger partial charge in [-0.05, 0) is 36.8 Å². The van der Waals surface area contributed by atoms with Gasteiger partial charge in [-0.2, -0.15) is 0 Å². The van der Waals surface area contributed by atoms with Crippen LogP contribution in [0.4, 0.5) is 5.69 Å². The molecular formula is C18H29N3O2. The number of carbonyl (C=O) groups is 1. The van der Waals surface area contributed by atoms with Crippen molar-refractivity contribution >= 4 is 11.6 Å². The summed E-state index contributed by atoms with van der Waals surface area (Å²) in [6.07, 6.45) is 1.86. The zero-order chi connectivity index (χ0) is 16.8. The summed E-state index contributed by atoms with van der Waals surface area (Å²) in [4.78, 5) is 12.5. The van der Waals surface area contributed by atoms with Crippen molar-refractivity contribution in [1.29, 1.82) is 0 Å². The van der Waals surface area contributed by atoms with E-state index in [9.17, 15) is 4.79 Å². The van der Waals surface area contributed by atoms with E-state index in [1.807, 2.05) is 24.3 Å². The topological polar surface area (TPSA) is 62.4 Å². The third kappa shape index (κ3) is 5.52. The van der Waals surface area contributed by atoms with Gasteiger partial charge < -0.3 is 10.1 Å². The van der Waals surface area contributed by atoms with Crippen LogP contribution in [-0.4, -0.2) is 24.6 Å². The fraction of sp³-hybridized carbons (Fsp3) is 0.611. The van der Waals surface area contributed by atoms with Gasteiger partial charge in [0.15, 0.2) is 0 Å². The molecule has 1 aliphatic rings. The molecule has 2 atom stereocenters. The molecule has 2 rings (SSSR count). The number of benzene rings is 1. The van der Waals surface area contributed by atoms with Crippen LogP contribution in [0, 0.1) is 11.8 Å². The maximum Gasteiger partial charge on any atom is 0.243 e. The maximum atomic E-state index is 12.5. The summed E-state index contributed by atoms with van der Waals surface area (Å²) < 4.78 is 5.79. The molecule has 1 saturated heterocycles. The van der Waals surface area contributed by atoms with Crippen LogP contribution < -0.4 is 20.9 Å². The Labute approximate surface area is 139 Å². The molecule has 1 fully saturated rings. The predicted molar refractivity (Wildman–Crippen MR) is 93.3 cm³/mol. The zero-order valence-electron chi connectivity index (χ0n) is 14.6. The van der Waals surface area contributed by atoms with Gasteiger partial charge in [-0.15, -0.1) is 0 Å². The molecule has 0 saturated carbocycles. The van der Waals surface area contributed by atoms with Crippen molar-refractivity contribution in [2.24, 2.45) is 11.8 Å². The van der Waals surface area contributed by atoms with Gasteiger partial charge in [-0.3, -0.25) is 10.2 Å². The van der Waals surface area contributed by atoms with Crippen LogP contribution >= 0.6 is 0 Å². The lowest BCUT2D eigenvalue weighted by Gasteiger charge is -2.15. The van der Waals surface area contributed by atoms with Crippen LogP contribution in [0.2, 0.25) is 0 Å². The minimum Gasteiger partial charge on any atom is -0.491 e. The van der Waals surface area contributed by atoms with Crippen LogP contribution in [0.5, 0.6) is 5.75 Å². The Morgan fingerprint density at radius 3 is 2.65 bits per heavy atom. The monoisotopic (exact) mass is 319 g/mol. The third-order valence-corrected chi connectivity index (χ3v) is 3.77. The fourth-order valence-corrected chi connectivity index (χ4v) is 2.69. The van der Waals surface area contributed by atoms with Crippen molar-refractivity contribution in [3.05, 3.63) is 24.3 Å². The van der Waals surface area contributed by atoms with Crippen LogP contribution in [0.25, 0.3) is 0 Å². The molecule has 5 nitrogen and oxygen atoms in total. The van der Waals surface area contributed by atoms with Crippen molar-refractivity contribution in [3.8, 4) is 5.75 Å². The van der Waals surface area contributed by atoms with Crippen LogP contribution in [0.15, 0.2) is 24.3 Å². The van der Waals surface area contributed by atoms with E-state index in [4.69, 9.17) is 4.74 Å². The molecule has 0 radical (unpaired) electrons. The highest BCUT2D eigenvalue weighted by Crippen LogP contribution is 2.25. The van der Waals surface area contributed by atoms with Gasteiger partial charge in [0.25, 0.3) is 0 Å². The largest absolute Gasteiger partial charge is 0.491 e. The summed E-state index contributed by atoms with van der Waals surface area (Å²) in [7, 11) is 0. The average Bonchev–Trinajstić information content (AvgIpc) is 2.94. The molecule has 0 bridgehead atoms. The predicted octanol–water partition coefficient (Wildman–Crippen LogP) is 2.94. The Kier molecular flexibility index (Phi) is 6.42. The Hall–Kier alpha value is -1.59. The molecule has 0 aromatic heterocycles. The van der Waals surface area contributed by atoms with Gasteiger partial charge >= 0.3 is 0 Å². The standard InChI is InChI=1S/C18H29N3O2/c1-12(2)9-14-10-16(21-20-14)18(22)19-15-7-5-6-8-17(15)23-11-13(3)4/h5-8,12-14,16,20-21H,9-11H2,1-4H3,(H,19,22). The van der Waals surface area contributed by atoms with Crippen LogP contribution in [-0.2, 0) is 4.79 Å². The lowest BCUT2D eigenvalue weighted by atomic mass is 10.00. The molecule has 0 spiro atoms. The number of ether oxygens (including phenoxy) is 1. The summed E-state index contributed by atoms with van der Waals surface area (Å²) in [6.45, 7) is 9.22. The number of para-hydroxylation sites is 2. The maximum absolute atomic E-state index is 12.5. The van der Waals surface area contributed by atoms with Gasteiger partial charge in [0, 0.05) is 6.04 Å². The van der Waals surface area contributed by atoms with E-state index in [2.05, 4.69) is 43.9 Å². The van der Waals surface area contributed by atoms with Gasteiger partial charge in [0.05, 0.1) is 12.3 Å². The van der Waals surface area contributed by atoms with Gasteiger partial charge in [-0.25, -0.2) is 5.43 Å². The lowest BCUT2D eigenvalue weighted by molar-refractivity contribution is -0.117. The quantitative estimate of drug-likeness (QED) is 0.723. The minimum atomic E-state index is -0.211. The first-order valence-corrected chi connectivity index (χ1v) is 8.49. The minimum absolute atomic E-state index is 0.0237. The van der Waals surface area contributed by atoms with E-state index >= 15 is 0 Å². The Balaban J connectivity index is 1.93. The molecule has 2 unspecified atom stereocenters. The number of hydrazine groups is 1. The molecule has 1 aromatic carbocycles. The third-order valence-electron chi connectivity index (χ3n) is 3.77. The Morgan fingerprint density at radius 1 is 1.22 bits per heavy atom. The molecule has 1 aromatic rings. The number of carbonyl (C=O) groups excluding carboxylic acids is 1. The van der Waals surface area contributed by atoms with E-state index < -0.39 is 0 Å². The van der Waals surface area contributed by atoms with Crippen LogP contribution in [0.1, 0.15) is 40.5 Å². The van der Waals surface area contributed by atoms with E-state index in [0.717, 1.165) is 24.3 Å². The molecule has 0 aliphatic carbocycles. The molecule has 1 heterocycles. The second-order valence-corrected chi connectivity index (χ2v) is 7.09.